The SMILES string of the molecule is COCCNC(=O)CCNC(=O)c1sccc1Br. The average Bonchev–Trinajstić information content (AvgIpc) is 2.76. The lowest BCUT2D eigenvalue weighted by Gasteiger charge is -2.05. The fraction of sp³-hybridized carbons (Fsp3) is 0.455. The first kappa shape index (κ1) is 15.1. The van der Waals surface area contributed by atoms with Crippen molar-refractivity contribution < 1.29 is 14.3 Å². The molecule has 0 aliphatic rings. The molecule has 18 heavy (non-hydrogen) atoms. The number of carbonyl (C=O) groups excluding carboxylic acids is 2. The highest BCUT2D eigenvalue weighted by atomic mass is 79.9. The van der Waals surface area contributed by atoms with E-state index in [1.54, 1.807) is 7.11 Å². The van der Waals surface area contributed by atoms with Gasteiger partial charge in [-0.1, -0.05) is 0 Å². The number of amides is 2. The molecule has 0 aliphatic carbocycles. The summed E-state index contributed by atoms with van der Waals surface area (Å²) in [5.74, 6) is -0.265. The zero-order chi connectivity index (χ0) is 13.4. The van der Waals surface area contributed by atoms with Crippen LogP contribution in [0, 0.1) is 0 Å². The quantitative estimate of drug-likeness (QED) is 0.740. The van der Waals surface area contributed by atoms with Gasteiger partial charge in [-0.15, -0.1) is 11.3 Å². The summed E-state index contributed by atoms with van der Waals surface area (Å²) >= 11 is 4.64. The first-order chi connectivity index (χ1) is 8.65. The molecule has 0 saturated heterocycles. The van der Waals surface area contributed by atoms with Gasteiger partial charge in [0.1, 0.15) is 4.88 Å². The Kier molecular flexibility index (Phi) is 6.92. The summed E-state index contributed by atoms with van der Waals surface area (Å²) in [6.45, 7) is 1.29. The van der Waals surface area contributed by atoms with E-state index in [-0.39, 0.29) is 18.2 Å². The fourth-order valence-electron chi connectivity index (χ4n) is 1.21. The van der Waals surface area contributed by atoms with E-state index in [1.165, 1.54) is 11.3 Å². The number of rotatable bonds is 7. The van der Waals surface area contributed by atoms with Gasteiger partial charge in [0.2, 0.25) is 5.91 Å². The van der Waals surface area contributed by atoms with Gasteiger partial charge in [-0.25, -0.2) is 0 Å². The number of halogens is 1. The van der Waals surface area contributed by atoms with Crippen LogP contribution in [0.4, 0.5) is 0 Å². The zero-order valence-corrected chi connectivity index (χ0v) is 12.4. The molecule has 0 atom stereocenters. The lowest BCUT2D eigenvalue weighted by molar-refractivity contribution is -0.121. The Balaban J connectivity index is 2.20. The standard InChI is InChI=1S/C11H15BrN2O3S/c1-17-6-5-13-9(15)2-4-14-11(16)10-8(12)3-7-18-10/h3,7H,2,4-6H2,1H3,(H,13,15)(H,14,16). The van der Waals surface area contributed by atoms with Crippen LogP contribution in [-0.2, 0) is 9.53 Å². The summed E-state index contributed by atoms with van der Waals surface area (Å²) in [5, 5.41) is 7.21. The maximum Gasteiger partial charge on any atom is 0.262 e. The van der Waals surface area contributed by atoms with Crippen molar-refractivity contribution in [3.05, 3.63) is 20.8 Å². The van der Waals surface area contributed by atoms with E-state index in [1.807, 2.05) is 11.4 Å². The Morgan fingerprint density at radius 1 is 1.39 bits per heavy atom. The highest BCUT2D eigenvalue weighted by molar-refractivity contribution is 9.10. The van der Waals surface area contributed by atoms with Gasteiger partial charge >= 0.3 is 0 Å². The van der Waals surface area contributed by atoms with Gasteiger partial charge < -0.3 is 15.4 Å². The van der Waals surface area contributed by atoms with Gasteiger partial charge in [0.05, 0.1) is 6.61 Å². The summed E-state index contributed by atoms with van der Waals surface area (Å²) in [4.78, 5) is 23.6. The van der Waals surface area contributed by atoms with Crippen molar-refractivity contribution in [3.8, 4) is 0 Å². The van der Waals surface area contributed by atoms with Crippen LogP contribution >= 0.6 is 27.3 Å². The largest absolute Gasteiger partial charge is 0.383 e. The lowest BCUT2D eigenvalue weighted by Crippen LogP contribution is -2.32. The Hall–Kier alpha value is -0.920. The van der Waals surface area contributed by atoms with E-state index in [0.717, 1.165) is 4.47 Å². The predicted octanol–water partition coefficient (Wildman–Crippen LogP) is 1.39. The van der Waals surface area contributed by atoms with Gasteiger partial charge in [0, 0.05) is 31.1 Å². The van der Waals surface area contributed by atoms with Crippen molar-refractivity contribution in [2.24, 2.45) is 0 Å². The molecule has 0 fully saturated rings. The molecule has 0 radical (unpaired) electrons. The molecule has 0 saturated carbocycles. The van der Waals surface area contributed by atoms with Crippen LogP contribution in [0.1, 0.15) is 16.1 Å². The highest BCUT2D eigenvalue weighted by Crippen LogP contribution is 2.22. The molecule has 1 rings (SSSR count). The van der Waals surface area contributed by atoms with Crippen LogP contribution in [0.3, 0.4) is 0 Å². The van der Waals surface area contributed by atoms with Crippen LogP contribution in [-0.4, -0.2) is 38.6 Å². The lowest BCUT2D eigenvalue weighted by atomic mass is 10.3. The molecule has 100 valence electrons. The minimum atomic E-state index is -0.165. The van der Waals surface area contributed by atoms with Crippen LogP contribution in [0.15, 0.2) is 15.9 Å². The molecular weight excluding hydrogens is 320 g/mol. The molecule has 5 nitrogen and oxygen atoms in total. The molecule has 1 aromatic heterocycles. The third kappa shape index (κ3) is 5.16. The van der Waals surface area contributed by atoms with Crippen LogP contribution in [0.25, 0.3) is 0 Å². The monoisotopic (exact) mass is 334 g/mol. The second-order valence-corrected chi connectivity index (χ2v) is 5.22. The van der Waals surface area contributed by atoms with Crippen molar-refractivity contribution in [3.63, 3.8) is 0 Å². The topological polar surface area (TPSA) is 67.4 Å². The number of hydrogen-bond donors (Lipinski definition) is 2. The van der Waals surface area contributed by atoms with Crippen molar-refractivity contribution in [1.82, 2.24) is 10.6 Å². The normalized spacial score (nSPS) is 10.1. The number of ether oxygens (including phenoxy) is 1. The summed E-state index contributed by atoms with van der Waals surface area (Å²) in [6, 6.07) is 1.82. The molecule has 0 aromatic carbocycles. The first-order valence-electron chi connectivity index (χ1n) is 5.42. The van der Waals surface area contributed by atoms with Crippen molar-refractivity contribution in [2.45, 2.75) is 6.42 Å². The number of thiophene rings is 1. The summed E-state index contributed by atoms with van der Waals surface area (Å²) < 4.78 is 5.58. The molecular formula is C11H15BrN2O3S. The summed E-state index contributed by atoms with van der Waals surface area (Å²) in [5.41, 5.74) is 0. The predicted molar refractivity (Wildman–Crippen MR) is 73.9 cm³/mol. The van der Waals surface area contributed by atoms with Crippen LogP contribution < -0.4 is 10.6 Å². The van der Waals surface area contributed by atoms with Gasteiger partial charge in [0.15, 0.2) is 0 Å². The van der Waals surface area contributed by atoms with Crippen molar-refractivity contribution in [2.75, 3.05) is 26.8 Å². The zero-order valence-electron chi connectivity index (χ0n) is 9.99. The van der Waals surface area contributed by atoms with E-state index in [2.05, 4.69) is 26.6 Å². The van der Waals surface area contributed by atoms with Crippen LogP contribution in [0.5, 0.6) is 0 Å². The molecule has 7 heteroatoms. The van der Waals surface area contributed by atoms with E-state index in [4.69, 9.17) is 4.74 Å². The second kappa shape index (κ2) is 8.23. The Morgan fingerprint density at radius 2 is 2.17 bits per heavy atom. The molecule has 1 heterocycles. The molecule has 0 bridgehead atoms. The molecule has 2 N–H and O–H groups in total. The maximum absolute atomic E-state index is 11.7. The number of hydrogen-bond acceptors (Lipinski definition) is 4. The summed E-state index contributed by atoms with van der Waals surface area (Å²) in [7, 11) is 1.57. The first-order valence-corrected chi connectivity index (χ1v) is 7.09. The fourth-order valence-corrected chi connectivity index (χ4v) is 2.67. The average molecular weight is 335 g/mol. The van der Waals surface area contributed by atoms with E-state index >= 15 is 0 Å². The molecule has 0 aliphatic heterocycles. The maximum atomic E-state index is 11.7. The van der Waals surface area contributed by atoms with Gasteiger partial charge in [-0.3, -0.25) is 9.59 Å². The summed E-state index contributed by atoms with van der Waals surface area (Å²) in [6.07, 6.45) is 0.262. The number of carbonyl (C=O) groups is 2. The number of nitrogens with one attached hydrogen (secondary N) is 2. The Bertz CT molecular complexity index is 409. The molecule has 0 unspecified atom stereocenters. The van der Waals surface area contributed by atoms with E-state index < -0.39 is 0 Å². The third-order valence-corrected chi connectivity index (χ3v) is 3.93. The van der Waals surface area contributed by atoms with Crippen molar-refractivity contribution >= 4 is 39.1 Å². The molecule has 0 spiro atoms. The van der Waals surface area contributed by atoms with Gasteiger partial charge in [0.25, 0.3) is 5.91 Å². The van der Waals surface area contributed by atoms with E-state index in [0.29, 0.717) is 24.6 Å². The van der Waals surface area contributed by atoms with Crippen molar-refractivity contribution in [1.29, 1.82) is 0 Å². The minimum absolute atomic E-state index is 0.0994. The Labute approximate surface area is 118 Å². The van der Waals surface area contributed by atoms with Gasteiger partial charge in [-0.2, -0.15) is 0 Å². The van der Waals surface area contributed by atoms with E-state index in [9.17, 15) is 9.59 Å². The highest BCUT2D eigenvalue weighted by Gasteiger charge is 2.11. The number of methoxy groups -OCH3 is 1. The second-order valence-electron chi connectivity index (χ2n) is 3.45. The molecule has 1 aromatic rings. The third-order valence-electron chi connectivity index (χ3n) is 2.09. The molecule has 2 amide bonds. The smallest absolute Gasteiger partial charge is 0.262 e. The van der Waals surface area contributed by atoms with Gasteiger partial charge in [-0.05, 0) is 27.4 Å². The minimum Gasteiger partial charge on any atom is -0.383 e. The Morgan fingerprint density at radius 3 is 2.78 bits per heavy atom. The van der Waals surface area contributed by atoms with Crippen LogP contribution in [0.2, 0.25) is 0 Å².